The number of hydrogen-bond donors (Lipinski definition) is 2. The summed E-state index contributed by atoms with van der Waals surface area (Å²) in [6.07, 6.45) is -2.52. The van der Waals surface area contributed by atoms with Crippen molar-refractivity contribution in [2.75, 3.05) is 77.9 Å². The first-order valence-corrected chi connectivity index (χ1v) is 19.6. The predicted molar refractivity (Wildman–Crippen MR) is 215 cm³/mol. The molecular formula is C42H44F3N7O9. The number of likely N-dealkylation sites (N-methyl/N-ethyl adjacent to an activating group) is 1. The molecule has 0 saturated carbocycles. The van der Waals surface area contributed by atoms with Gasteiger partial charge in [0, 0.05) is 61.8 Å². The Hall–Kier alpha value is -6.15. The second-order valence-corrected chi connectivity index (χ2v) is 14.4. The third kappa shape index (κ3) is 9.44. The number of fused-ring (bicyclic) bond motifs is 4. The molecule has 1 fully saturated rings. The topological polar surface area (TPSA) is 176 Å². The Kier molecular flexibility index (Phi) is 13.1. The second-order valence-electron chi connectivity index (χ2n) is 14.4. The van der Waals surface area contributed by atoms with Crippen LogP contribution in [-0.2, 0) is 41.8 Å². The van der Waals surface area contributed by atoms with Crippen molar-refractivity contribution in [2.45, 2.75) is 25.1 Å². The van der Waals surface area contributed by atoms with Gasteiger partial charge >= 0.3 is 6.18 Å². The van der Waals surface area contributed by atoms with E-state index in [0.717, 1.165) is 27.8 Å². The smallest absolute Gasteiger partial charge is 0.377 e. The molecule has 61 heavy (non-hydrogen) atoms. The summed E-state index contributed by atoms with van der Waals surface area (Å²) in [5.41, 5.74) is 2.41. The van der Waals surface area contributed by atoms with Crippen molar-refractivity contribution in [3.8, 4) is 5.69 Å². The van der Waals surface area contributed by atoms with Crippen molar-refractivity contribution in [3.05, 3.63) is 89.1 Å². The van der Waals surface area contributed by atoms with Gasteiger partial charge in [-0.15, -0.1) is 0 Å². The number of rotatable bonds is 19. The van der Waals surface area contributed by atoms with Crippen LogP contribution in [0.3, 0.4) is 0 Å². The fourth-order valence-corrected chi connectivity index (χ4v) is 7.33. The van der Waals surface area contributed by atoms with E-state index in [0.29, 0.717) is 80.9 Å². The molecule has 16 nitrogen and oxygen atoms in total. The molecule has 1 atom stereocenters. The van der Waals surface area contributed by atoms with Gasteiger partial charge in [0.25, 0.3) is 17.7 Å². The predicted octanol–water partition coefficient (Wildman–Crippen LogP) is 3.87. The lowest BCUT2D eigenvalue weighted by atomic mass is 10.0. The lowest BCUT2D eigenvalue weighted by Crippen LogP contribution is -2.54. The van der Waals surface area contributed by atoms with Crippen LogP contribution in [0.1, 0.15) is 49.5 Å². The van der Waals surface area contributed by atoms with Crippen LogP contribution in [0.4, 0.5) is 18.9 Å². The van der Waals surface area contributed by atoms with Crippen molar-refractivity contribution in [1.29, 1.82) is 0 Å². The number of ether oxygens (including phenoxy) is 4. The number of alkyl halides is 3. The zero-order valence-electron chi connectivity index (χ0n) is 33.5. The Morgan fingerprint density at radius 1 is 0.869 bits per heavy atom. The highest BCUT2D eigenvalue weighted by molar-refractivity contribution is 6.25. The highest BCUT2D eigenvalue weighted by Crippen LogP contribution is 2.35. The number of nitrogens with one attached hydrogen (secondary N) is 2. The minimum absolute atomic E-state index is 0.0467. The van der Waals surface area contributed by atoms with Crippen LogP contribution in [0.25, 0.3) is 27.6 Å². The van der Waals surface area contributed by atoms with Crippen molar-refractivity contribution in [2.24, 2.45) is 7.05 Å². The maximum Gasteiger partial charge on any atom is 0.416 e. The highest BCUT2D eigenvalue weighted by Gasteiger charge is 2.46. The van der Waals surface area contributed by atoms with Crippen molar-refractivity contribution in [1.82, 2.24) is 29.9 Å². The molecule has 2 N–H and O–H groups in total. The molecule has 19 heteroatoms. The van der Waals surface area contributed by atoms with E-state index in [1.165, 1.54) is 12.1 Å². The summed E-state index contributed by atoms with van der Waals surface area (Å²) in [5.74, 6) is -2.52. The van der Waals surface area contributed by atoms with Gasteiger partial charge in [-0.25, -0.2) is 0 Å². The quantitative estimate of drug-likeness (QED) is 0.0912. The van der Waals surface area contributed by atoms with Crippen LogP contribution in [-0.4, -0.2) is 128 Å². The minimum atomic E-state index is -4.45. The van der Waals surface area contributed by atoms with E-state index in [1.54, 1.807) is 70.8 Å². The summed E-state index contributed by atoms with van der Waals surface area (Å²) >= 11 is 0. The number of piperidine rings is 1. The lowest BCUT2D eigenvalue weighted by Gasteiger charge is -2.28. The Morgan fingerprint density at radius 3 is 2.21 bits per heavy atom. The summed E-state index contributed by atoms with van der Waals surface area (Å²) in [6, 6.07) is 13.9. The molecule has 0 bridgehead atoms. The van der Waals surface area contributed by atoms with Gasteiger partial charge in [0.2, 0.25) is 11.8 Å². The molecule has 2 aliphatic rings. The maximum atomic E-state index is 13.4. The van der Waals surface area contributed by atoms with Gasteiger partial charge < -0.3 is 29.2 Å². The monoisotopic (exact) mass is 847 g/mol. The number of benzene rings is 3. The van der Waals surface area contributed by atoms with Crippen LogP contribution in [0.5, 0.6) is 0 Å². The molecule has 1 unspecified atom stereocenters. The average Bonchev–Trinajstić information content (AvgIpc) is 3.84. The van der Waals surface area contributed by atoms with Crippen molar-refractivity contribution < 1.29 is 56.1 Å². The third-order valence-corrected chi connectivity index (χ3v) is 10.3. The molecule has 0 spiro atoms. The number of amides is 5. The molecule has 2 aromatic heterocycles. The van der Waals surface area contributed by atoms with E-state index < -0.39 is 41.4 Å². The van der Waals surface area contributed by atoms with Crippen LogP contribution >= 0.6 is 0 Å². The first-order chi connectivity index (χ1) is 29.3. The lowest BCUT2D eigenvalue weighted by molar-refractivity contribution is -0.138. The van der Waals surface area contributed by atoms with E-state index in [2.05, 4.69) is 15.7 Å². The molecule has 0 aliphatic carbocycles. The second kappa shape index (κ2) is 18.6. The van der Waals surface area contributed by atoms with E-state index in [1.807, 2.05) is 0 Å². The zero-order valence-corrected chi connectivity index (χ0v) is 33.5. The number of anilines is 1. The normalized spacial score (nSPS) is 15.6. The Balaban J connectivity index is 0.751. The third-order valence-electron chi connectivity index (χ3n) is 10.3. The number of aryl methyl sites for hydroxylation is 1. The first kappa shape index (κ1) is 43.0. The highest BCUT2D eigenvalue weighted by atomic mass is 19.4. The van der Waals surface area contributed by atoms with E-state index in [-0.39, 0.29) is 43.0 Å². The summed E-state index contributed by atoms with van der Waals surface area (Å²) in [7, 11) is 3.53. The number of hydrogen-bond acceptors (Lipinski definition) is 11. The zero-order chi connectivity index (χ0) is 43.3. The number of carbonyl (C=O) groups excluding carboxylic acids is 5. The van der Waals surface area contributed by atoms with Gasteiger partial charge in [0.1, 0.15) is 6.04 Å². The van der Waals surface area contributed by atoms with Crippen molar-refractivity contribution >= 4 is 57.2 Å². The molecular weight excluding hydrogens is 803 g/mol. The van der Waals surface area contributed by atoms with Crippen LogP contribution in [0.2, 0.25) is 0 Å². The van der Waals surface area contributed by atoms with E-state index in [4.69, 9.17) is 18.9 Å². The van der Waals surface area contributed by atoms with E-state index >= 15 is 0 Å². The fourth-order valence-electron chi connectivity index (χ4n) is 7.33. The fraction of sp³-hybridized carbons (Fsp3) is 0.381. The molecule has 4 heterocycles. The molecule has 5 amide bonds. The standard InChI is InChI=1S/C42H44F3N7O9/c1-49(33-5-3-4-29-36(33)41(57)52(40(29)56)34-12-13-35(53)47-39(34)55)15-17-59-19-21-61-23-22-60-20-18-58-16-14-46-38(54)26-6-11-32-30(24-26)31-25-50(2)48-37(31)51(32)28-9-7-27(8-10-28)42(43,44)45/h3-11,24-25,34H,12-23H2,1-2H3,(H,46,54)(H,47,53,55). The number of aromatic nitrogens is 3. The van der Waals surface area contributed by atoms with Crippen LogP contribution in [0.15, 0.2) is 66.9 Å². The molecule has 5 aromatic rings. The Labute approximate surface area is 347 Å². The number of halogens is 3. The van der Waals surface area contributed by atoms with Gasteiger partial charge in [-0.3, -0.25) is 43.4 Å². The largest absolute Gasteiger partial charge is 0.416 e. The minimum Gasteiger partial charge on any atom is -0.377 e. The number of nitrogens with zero attached hydrogens (tertiary/aromatic N) is 5. The van der Waals surface area contributed by atoms with Gasteiger partial charge in [0.05, 0.1) is 80.7 Å². The van der Waals surface area contributed by atoms with Gasteiger partial charge in [-0.05, 0) is 61.0 Å². The summed E-state index contributed by atoms with van der Waals surface area (Å²) < 4.78 is 65.3. The summed E-state index contributed by atoms with van der Waals surface area (Å²) in [5, 5.41) is 11.0. The van der Waals surface area contributed by atoms with Crippen LogP contribution in [0, 0.1) is 0 Å². The molecule has 2 aliphatic heterocycles. The number of imide groups is 2. The molecule has 0 radical (unpaired) electrons. The first-order valence-electron chi connectivity index (χ1n) is 19.6. The SMILES string of the molecule is CN(CCOCCOCCOCCOCCNC(=O)c1ccc2c(c1)c1cn(C)nc1n2-c1ccc(C(F)(F)F)cc1)c1cccc2c1C(=O)N(C1CCC(=O)NC1=O)C2=O. The van der Waals surface area contributed by atoms with Crippen molar-refractivity contribution in [3.63, 3.8) is 0 Å². The van der Waals surface area contributed by atoms with Gasteiger partial charge in [-0.2, -0.15) is 18.3 Å². The Bertz CT molecular complexity index is 2450. The van der Waals surface area contributed by atoms with Gasteiger partial charge in [0.15, 0.2) is 5.65 Å². The van der Waals surface area contributed by atoms with Crippen LogP contribution < -0.4 is 15.5 Å². The van der Waals surface area contributed by atoms with E-state index in [9.17, 15) is 37.1 Å². The average molecular weight is 848 g/mol. The Morgan fingerprint density at radius 2 is 1.54 bits per heavy atom. The summed E-state index contributed by atoms with van der Waals surface area (Å²) in [6.45, 7) is 3.26. The maximum absolute atomic E-state index is 13.4. The molecule has 3 aromatic carbocycles. The molecule has 322 valence electrons. The molecule has 1 saturated heterocycles. The van der Waals surface area contributed by atoms with Gasteiger partial charge in [-0.1, -0.05) is 6.07 Å². The molecule has 7 rings (SSSR count). The number of carbonyl (C=O) groups is 5. The summed E-state index contributed by atoms with van der Waals surface area (Å²) in [4.78, 5) is 66.2.